The average Bonchev–Trinajstić information content (AvgIpc) is 3.36. The Bertz CT molecular complexity index is 1560. The molecule has 0 spiro atoms. The number of halogens is 1. The molecule has 218 valence electrons. The number of benzene rings is 1. The summed E-state index contributed by atoms with van der Waals surface area (Å²) in [5.74, 6) is -0.408. The number of hydrogen-bond donors (Lipinski definition) is 2. The SMILES string of the molecule is C=NC(C[C@@H](C)S(=O)(=O)Nc1nnc(-c2cccc(C(=O)NCC)n2)n1-c1c(OC)cccc1OC)=N/C=C(\C)F. The molecule has 2 aromatic heterocycles. The number of sulfonamides is 1. The normalized spacial score (nSPS) is 12.9. The van der Waals surface area contributed by atoms with Crippen LogP contribution in [0.1, 0.15) is 37.7 Å². The van der Waals surface area contributed by atoms with Crippen LogP contribution in [-0.2, 0) is 10.0 Å². The molecule has 13 nitrogen and oxygen atoms in total. The van der Waals surface area contributed by atoms with Gasteiger partial charge in [0.05, 0.1) is 25.7 Å². The molecule has 1 atom stereocenters. The number of allylic oxidation sites excluding steroid dienone is 1. The molecule has 1 aromatic carbocycles. The number of methoxy groups -OCH3 is 2. The number of nitrogens with zero attached hydrogens (tertiary/aromatic N) is 6. The third-order valence-electron chi connectivity index (χ3n) is 5.64. The third kappa shape index (κ3) is 7.30. The second-order valence-electron chi connectivity index (χ2n) is 8.54. The number of para-hydroxylation sites is 1. The van der Waals surface area contributed by atoms with Gasteiger partial charge in [-0.25, -0.2) is 27.8 Å². The van der Waals surface area contributed by atoms with Gasteiger partial charge in [0.2, 0.25) is 16.0 Å². The summed E-state index contributed by atoms with van der Waals surface area (Å²) in [6, 6.07) is 9.76. The number of ether oxygens (including phenoxy) is 2. The van der Waals surface area contributed by atoms with Gasteiger partial charge >= 0.3 is 0 Å². The zero-order valence-electron chi connectivity index (χ0n) is 23.3. The number of carbonyl (C=O) groups is 1. The van der Waals surface area contributed by atoms with E-state index < -0.39 is 27.0 Å². The molecule has 0 saturated heterocycles. The quantitative estimate of drug-likeness (QED) is 0.241. The van der Waals surface area contributed by atoms with Gasteiger partial charge in [0, 0.05) is 13.0 Å². The van der Waals surface area contributed by atoms with Crippen molar-refractivity contribution in [2.45, 2.75) is 32.4 Å². The van der Waals surface area contributed by atoms with Crippen LogP contribution in [-0.4, -0.2) is 72.6 Å². The average molecular weight is 587 g/mol. The van der Waals surface area contributed by atoms with Crippen LogP contribution >= 0.6 is 0 Å². The van der Waals surface area contributed by atoms with Crippen LogP contribution in [0.25, 0.3) is 17.2 Å². The Morgan fingerprint density at radius 2 is 1.83 bits per heavy atom. The van der Waals surface area contributed by atoms with Crippen molar-refractivity contribution in [1.29, 1.82) is 0 Å². The molecule has 0 bridgehead atoms. The molecule has 0 unspecified atom stereocenters. The number of rotatable bonds is 12. The number of amides is 1. The van der Waals surface area contributed by atoms with Gasteiger partial charge in [0.15, 0.2) is 5.82 Å². The predicted molar refractivity (Wildman–Crippen MR) is 154 cm³/mol. The monoisotopic (exact) mass is 586 g/mol. The first kappa shape index (κ1) is 30.9. The van der Waals surface area contributed by atoms with Crippen molar-refractivity contribution in [3.8, 4) is 28.7 Å². The molecule has 3 rings (SSSR count). The molecule has 15 heteroatoms. The largest absolute Gasteiger partial charge is 0.494 e. The lowest BCUT2D eigenvalue weighted by molar-refractivity contribution is 0.0951. The number of aromatic nitrogens is 4. The topological polar surface area (TPSA) is 162 Å². The van der Waals surface area contributed by atoms with Gasteiger partial charge in [-0.3, -0.25) is 14.1 Å². The zero-order chi connectivity index (χ0) is 30.2. The summed E-state index contributed by atoms with van der Waals surface area (Å²) in [6.07, 6.45) is 0.757. The van der Waals surface area contributed by atoms with E-state index in [9.17, 15) is 17.6 Å². The summed E-state index contributed by atoms with van der Waals surface area (Å²) in [6.45, 7) is 8.19. The van der Waals surface area contributed by atoms with Gasteiger partial charge < -0.3 is 14.8 Å². The fourth-order valence-electron chi connectivity index (χ4n) is 3.63. The van der Waals surface area contributed by atoms with Crippen LogP contribution in [0.2, 0.25) is 0 Å². The van der Waals surface area contributed by atoms with Crippen LogP contribution in [0, 0.1) is 0 Å². The number of aliphatic imine (C=N–C) groups is 2. The highest BCUT2D eigenvalue weighted by molar-refractivity contribution is 7.93. The van der Waals surface area contributed by atoms with Crippen LogP contribution in [0.3, 0.4) is 0 Å². The van der Waals surface area contributed by atoms with Crippen LogP contribution in [0.5, 0.6) is 11.5 Å². The smallest absolute Gasteiger partial charge is 0.269 e. The van der Waals surface area contributed by atoms with Crippen molar-refractivity contribution in [2.75, 3.05) is 25.5 Å². The first-order valence-corrected chi connectivity index (χ1v) is 13.9. The second kappa shape index (κ2) is 13.6. The molecule has 0 fully saturated rings. The lowest BCUT2D eigenvalue weighted by atomic mass is 10.2. The first-order chi connectivity index (χ1) is 19.6. The van der Waals surface area contributed by atoms with E-state index in [0.717, 1.165) is 6.20 Å². The lowest BCUT2D eigenvalue weighted by Gasteiger charge is -2.19. The Balaban J connectivity index is 2.17. The maximum Gasteiger partial charge on any atom is 0.269 e. The van der Waals surface area contributed by atoms with E-state index in [1.165, 1.54) is 38.7 Å². The number of pyridine rings is 1. The highest BCUT2D eigenvalue weighted by Gasteiger charge is 2.29. The van der Waals surface area contributed by atoms with Crippen LogP contribution < -0.4 is 19.5 Å². The van der Waals surface area contributed by atoms with E-state index in [-0.39, 0.29) is 41.1 Å². The second-order valence-corrected chi connectivity index (χ2v) is 10.6. The number of hydrogen-bond acceptors (Lipinski definition) is 9. The Morgan fingerprint density at radius 3 is 2.41 bits per heavy atom. The molecule has 0 aliphatic carbocycles. The molecule has 0 radical (unpaired) electrons. The summed E-state index contributed by atoms with van der Waals surface area (Å²) in [5.41, 5.74) is 0.640. The van der Waals surface area contributed by atoms with Crippen LogP contribution in [0.15, 0.2) is 58.4 Å². The summed E-state index contributed by atoms with van der Waals surface area (Å²) in [5, 5.41) is 9.91. The fourth-order valence-corrected chi connectivity index (χ4v) is 4.59. The minimum Gasteiger partial charge on any atom is -0.494 e. The van der Waals surface area contributed by atoms with Gasteiger partial charge in [0.1, 0.15) is 40.2 Å². The summed E-state index contributed by atoms with van der Waals surface area (Å²) in [4.78, 5) is 24.4. The number of carbonyl (C=O) groups excluding carboxylic acids is 1. The van der Waals surface area contributed by atoms with Gasteiger partial charge in [-0.2, -0.15) is 0 Å². The predicted octanol–water partition coefficient (Wildman–Crippen LogP) is 3.55. The highest BCUT2D eigenvalue weighted by atomic mass is 32.2. The fraction of sp³-hybridized carbons (Fsp3) is 0.308. The van der Waals surface area contributed by atoms with E-state index in [1.54, 1.807) is 37.3 Å². The Labute approximate surface area is 237 Å². The molecule has 0 aliphatic rings. The van der Waals surface area contributed by atoms with E-state index in [2.05, 4.69) is 41.9 Å². The van der Waals surface area contributed by atoms with Crippen molar-refractivity contribution in [1.82, 2.24) is 25.1 Å². The van der Waals surface area contributed by atoms with Crippen molar-refractivity contribution < 1.29 is 27.1 Å². The molecule has 41 heavy (non-hydrogen) atoms. The third-order valence-corrected chi connectivity index (χ3v) is 7.34. The molecule has 3 aromatic rings. The molecule has 0 saturated carbocycles. The molecule has 1 amide bonds. The van der Waals surface area contributed by atoms with Crippen molar-refractivity contribution in [2.24, 2.45) is 9.98 Å². The minimum absolute atomic E-state index is 0.0276. The first-order valence-electron chi connectivity index (χ1n) is 12.4. The Hall–Kier alpha value is -4.66. The van der Waals surface area contributed by atoms with Crippen molar-refractivity contribution >= 4 is 34.4 Å². The number of amidine groups is 1. The van der Waals surface area contributed by atoms with Gasteiger partial charge in [-0.05, 0) is 51.8 Å². The van der Waals surface area contributed by atoms with E-state index in [4.69, 9.17) is 9.47 Å². The van der Waals surface area contributed by atoms with Crippen LogP contribution in [0.4, 0.5) is 10.3 Å². The molecule has 2 N–H and O–H groups in total. The van der Waals surface area contributed by atoms with Crippen molar-refractivity contribution in [3.05, 3.63) is 54.1 Å². The zero-order valence-corrected chi connectivity index (χ0v) is 24.1. The van der Waals surface area contributed by atoms with E-state index in [0.29, 0.717) is 18.0 Å². The van der Waals surface area contributed by atoms with Gasteiger partial charge in [-0.1, -0.05) is 12.1 Å². The molecular weight excluding hydrogens is 555 g/mol. The molecular formula is C26H31FN8O5S. The van der Waals surface area contributed by atoms with Crippen molar-refractivity contribution in [3.63, 3.8) is 0 Å². The Kier molecular flexibility index (Phi) is 10.2. The summed E-state index contributed by atoms with van der Waals surface area (Å²) < 4.78 is 54.9. The van der Waals surface area contributed by atoms with Gasteiger partial charge in [-0.15, -0.1) is 10.2 Å². The summed E-state index contributed by atoms with van der Waals surface area (Å²) in [7, 11) is -1.26. The highest BCUT2D eigenvalue weighted by Crippen LogP contribution is 2.37. The van der Waals surface area contributed by atoms with Gasteiger partial charge in [0.25, 0.3) is 5.91 Å². The van der Waals surface area contributed by atoms with E-state index in [1.807, 2.05) is 0 Å². The summed E-state index contributed by atoms with van der Waals surface area (Å²) >= 11 is 0. The Morgan fingerprint density at radius 1 is 1.17 bits per heavy atom. The maximum absolute atomic E-state index is 13.4. The standard InChI is InChI=1S/C26H31FN8O5S/c1-7-29-25(36)19-11-8-10-18(31-19)24-32-33-26(35(24)23-20(39-5)12-9-13-21(23)40-6)34-41(37,38)17(3)14-22(28-4)30-15-16(2)27/h8-13,15,17H,4,7,14H2,1-3,5-6H3,(H,29,36)(H,33,34)/b16-15+,30-22?/t17-/m1/s1. The minimum atomic E-state index is -4.15. The maximum atomic E-state index is 13.4. The van der Waals surface area contributed by atoms with E-state index >= 15 is 0 Å². The number of anilines is 1. The number of nitrogens with one attached hydrogen (secondary N) is 2. The molecule has 2 heterocycles. The molecule has 0 aliphatic heterocycles. The lowest BCUT2D eigenvalue weighted by Crippen LogP contribution is -2.28.